The zero-order valence-corrected chi connectivity index (χ0v) is 15.9. The van der Waals surface area contributed by atoms with E-state index in [0.717, 1.165) is 22.4 Å². The smallest absolute Gasteiger partial charge is 0.277 e. The van der Waals surface area contributed by atoms with E-state index in [2.05, 4.69) is 11.1 Å². The summed E-state index contributed by atoms with van der Waals surface area (Å²) in [7, 11) is 1.92. The van der Waals surface area contributed by atoms with E-state index < -0.39 is 0 Å². The molecule has 1 aliphatic carbocycles. The molecule has 1 aromatic carbocycles. The van der Waals surface area contributed by atoms with Crippen molar-refractivity contribution in [1.82, 2.24) is 9.88 Å². The van der Waals surface area contributed by atoms with Gasteiger partial charge < -0.3 is 9.80 Å². The molecule has 1 aromatic heterocycles. The minimum atomic E-state index is 0.253. The molecule has 2 heterocycles. The van der Waals surface area contributed by atoms with Gasteiger partial charge in [-0.1, -0.05) is 25.0 Å². The lowest BCUT2D eigenvalue weighted by Gasteiger charge is -2.38. The first-order valence-electron chi connectivity index (χ1n) is 9.61. The third-order valence-electron chi connectivity index (χ3n) is 6.02. The predicted octanol–water partition coefficient (Wildman–Crippen LogP) is 2.35. The lowest BCUT2D eigenvalue weighted by molar-refractivity contribution is -0.903. The van der Waals surface area contributed by atoms with Gasteiger partial charge in [-0.2, -0.15) is 0 Å². The van der Waals surface area contributed by atoms with Gasteiger partial charge in [-0.15, -0.1) is 11.3 Å². The number of para-hydroxylation sites is 1. The van der Waals surface area contributed by atoms with E-state index in [1.54, 1.807) is 11.3 Å². The molecule has 5 heteroatoms. The number of aromatic nitrogens is 1. The lowest BCUT2D eigenvalue weighted by atomic mass is 9.75. The molecular formula is C20H28N3OS+. The van der Waals surface area contributed by atoms with Gasteiger partial charge in [-0.05, 0) is 37.3 Å². The third kappa shape index (κ3) is 3.87. The van der Waals surface area contributed by atoms with Crippen molar-refractivity contribution in [2.24, 2.45) is 11.8 Å². The molecule has 25 heavy (non-hydrogen) atoms. The molecule has 0 bridgehead atoms. The van der Waals surface area contributed by atoms with Gasteiger partial charge in [-0.25, -0.2) is 4.98 Å². The first-order valence-corrected chi connectivity index (χ1v) is 10.4. The van der Waals surface area contributed by atoms with E-state index >= 15 is 0 Å². The predicted molar refractivity (Wildman–Crippen MR) is 102 cm³/mol. The fraction of sp³-hybridized carbons (Fsp3) is 0.600. The van der Waals surface area contributed by atoms with Gasteiger partial charge in [-0.3, -0.25) is 4.79 Å². The number of likely N-dealkylation sites (tertiary alicyclic amines) is 1. The second-order valence-electron chi connectivity index (χ2n) is 7.80. The quantitative estimate of drug-likeness (QED) is 0.911. The number of likely N-dealkylation sites (N-methyl/N-ethyl adjacent to an activating group) is 1. The van der Waals surface area contributed by atoms with Crippen LogP contribution in [-0.4, -0.2) is 42.5 Å². The van der Waals surface area contributed by atoms with Crippen LogP contribution < -0.4 is 4.90 Å². The molecule has 1 amide bonds. The van der Waals surface area contributed by atoms with Crippen molar-refractivity contribution in [3.63, 3.8) is 0 Å². The average molecular weight is 359 g/mol. The largest absolute Gasteiger partial charge is 0.334 e. The van der Waals surface area contributed by atoms with E-state index in [4.69, 9.17) is 0 Å². The Balaban J connectivity index is 1.32. The van der Waals surface area contributed by atoms with Gasteiger partial charge in [0.25, 0.3) is 5.91 Å². The number of carbonyl (C=O) groups excluding carboxylic acids is 1. The maximum absolute atomic E-state index is 12.7. The van der Waals surface area contributed by atoms with Crippen LogP contribution in [-0.2, 0) is 11.3 Å². The molecule has 0 radical (unpaired) electrons. The standard InChI is InChI=1S/C20H27N3OS/c1-22(13-19-21-17-8-4-5-9-18(17)25-19)20(24)14-23-11-10-15-6-2-3-7-16(15)12-23/h4-5,8-9,15-16H,2-3,6-7,10-14H2,1H3/p+1/t15-,16-/m1/s1. The molecule has 1 N–H and O–H groups in total. The number of amides is 1. The van der Waals surface area contributed by atoms with Gasteiger partial charge in [0, 0.05) is 13.0 Å². The number of benzene rings is 1. The Bertz CT molecular complexity index is 710. The molecule has 134 valence electrons. The first-order chi connectivity index (χ1) is 12.2. The van der Waals surface area contributed by atoms with Crippen LogP contribution in [0.3, 0.4) is 0 Å². The number of hydrogen-bond donors (Lipinski definition) is 1. The summed E-state index contributed by atoms with van der Waals surface area (Å²) in [5.74, 6) is 2.05. The van der Waals surface area contributed by atoms with Crippen LogP contribution in [0.25, 0.3) is 10.2 Å². The second kappa shape index (κ2) is 7.42. The fourth-order valence-electron chi connectivity index (χ4n) is 4.58. The lowest BCUT2D eigenvalue weighted by Crippen LogP contribution is -3.15. The highest BCUT2D eigenvalue weighted by Gasteiger charge is 2.34. The molecule has 1 aliphatic heterocycles. The molecule has 2 aliphatic rings. The highest BCUT2D eigenvalue weighted by molar-refractivity contribution is 7.18. The van der Waals surface area contributed by atoms with Crippen LogP contribution in [0.15, 0.2) is 24.3 Å². The normalized spacial score (nSPS) is 26.4. The molecule has 3 atom stereocenters. The highest BCUT2D eigenvalue weighted by Crippen LogP contribution is 2.32. The Kier molecular flexibility index (Phi) is 5.04. The fourth-order valence-corrected chi connectivity index (χ4v) is 5.60. The summed E-state index contributed by atoms with van der Waals surface area (Å²) < 4.78 is 1.20. The number of rotatable bonds is 4. The van der Waals surface area contributed by atoms with Crippen molar-refractivity contribution in [2.45, 2.75) is 38.6 Å². The van der Waals surface area contributed by atoms with Crippen LogP contribution in [0, 0.1) is 11.8 Å². The topological polar surface area (TPSA) is 37.6 Å². The van der Waals surface area contributed by atoms with E-state index in [1.807, 2.05) is 30.1 Å². The number of nitrogens with zero attached hydrogens (tertiary/aromatic N) is 2. The molecular weight excluding hydrogens is 330 g/mol. The van der Waals surface area contributed by atoms with E-state index in [1.165, 1.54) is 54.8 Å². The molecule has 1 saturated carbocycles. The highest BCUT2D eigenvalue weighted by atomic mass is 32.1. The number of piperidine rings is 1. The van der Waals surface area contributed by atoms with Crippen LogP contribution in [0.1, 0.15) is 37.1 Å². The second-order valence-corrected chi connectivity index (χ2v) is 8.91. The maximum Gasteiger partial charge on any atom is 0.277 e. The number of quaternary nitrogens is 1. The Labute approximate surface area is 153 Å². The third-order valence-corrected chi connectivity index (χ3v) is 7.04. The summed E-state index contributed by atoms with van der Waals surface area (Å²) in [6.45, 7) is 3.63. The number of carbonyl (C=O) groups is 1. The van der Waals surface area contributed by atoms with Gasteiger partial charge in [0.05, 0.1) is 29.9 Å². The van der Waals surface area contributed by atoms with Gasteiger partial charge in [0.1, 0.15) is 5.01 Å². The van der Waals surface area contributed by atoms with Crippen molar-refractivity contribution in [3.05, 3.63) is 29.3 Å². The Morgan fingerprint density at radius 1 is 1.24 bits per heavy atom. The van der Waals surface area contributed by atoms with Crippen molar-refractivity contribution >= 4 is 27.5 Å². The van der Waals surface area contributed by atoms with E-state index in [-0.39, 0.29) is 5.91 Å². The molecule has 4 nitrogen and oxygen atoms in total. The van der Waals surface area contributed by atoms with Crippen molar-refractivity contribution in [3.8, 4) is 0 Å². The zero-order chi connectivity index (χ0) is 17.2. The first kappa shape index (κ1) is 17.0. The molecule has 1 unspecified atom stereocenters. The molecule has 2 fully saturated rings. The SMILES string of the molecule is CN(Cc1nc2ccccc2s1)C(=O)C[NH+]1CC[C@H]2CCCC[C@@H]2C1. The average Bonchev–Trinajstić information content (AvgIpc) is 3.03. The summed E-state index contributed by atoms with van der Waals surface area (Å²) in [4.78, 5) is 20.7. The van der Waals surface area contributed by atoms with Crippen LogP contribution in [0.4, 0.5) is 0 Å². The van der Waals surface area contributed by atoms with Crippen LogP contribution in [0.2, 0.25) is 0 Å². The van der Waals surface area contributed by atoms with Gasteiger partial charge >= 0.3 is 0 Å². The summed E-state index contributed by atoms with van der Waals surface area (Å²) in [6.07, 6.45) is 6.92. The number of fused-ring (bicyclic) bond motifs is 2. The van der Waals surface area contributed by atoms with Crippen LogP contribution in [0.5, 0.6) is 0 Å². The molecule has 4 rings (SSSR count). The Morgan fingerprint density at radius 2 is 2.04 bits per heavy atom. The molecule has 0 spiro atoms. The number of nitrogens with one attached hydrogen (secondary N) is 1. The minimum Gasteiger partial charge on any atom is -0.334 e. The van der Waals surface area contributed by atoms with Crippen LogP contribution >= 0.6 is 11.3 Å². The summed E-state index contributed by atoms with van der Waals surface area (Å²) in [5.41, 5.74) is 1.04. The zero-order valence-electron chi connectivity index (χ0n) is 15.0. The van der Waals surface area contributed by atoms with Gasteiger partial charge in [0.15, 0.2) is 6.54 Å². The van der Waals surface area contributed by atoms with Crippen molar-refractivity contribution in [1.29, 1.82) is 0 Å². The number of hydrogen-bond acceptors (Lipinski definition) is 3. The Hall–Kier alpha value is -1.46. The van der Waals surface area contributed by atoms with Gasteiger partial charge in [0.2, 0.25) is 0 Å². The molecule has 2 aromatic rings. The van der Waals surface area contributed by atoms with E-state index in [0.29, 0.717) is 13.1 Å². The molecule has 1 saturated heterocycles. The Morgan fingerprint density at radius 3 is 2.88 bits per heavy atom. The monoisotopic (exact) mass is 358 g/mol. The number of thiazole rings is 1. The van der Waals surface area contributed by atoms with Crippen molar-refractivity contribution < 1.29 is 9.69 Å². The summed E-state index contributed by atoms with van der Waals surface area (Å²) in [6, 6.07) is 8.18. The summed E-state index contributed by atoms with van der Waals surface area (Å²) in [5, 5.41) is 1.03. The van der Waals surface area contributed by atoms with Crippen molar-refractivity contribution in [2.75, 3.05) is 26.7 Å². The van der Waals surface area contributed by atoms with E-state index in [9.17, 15) is 4.79 Å². The summed E-state index contributed by atoms with van der Waals surface area (Å²) >= 11 is 1.69. The maximum atomic E-state index is 12.7. The minimum absolute atomic E-state index is 0.253.